The quantitative estimate of drug-likeness (QED) is 0.651. The van der Waals surface area contributed by atoms with Crippen molar-refractivity contribution in [3.8, 4) is 0 Å². The highest BCUT2D eigenvalue weighted by atomic mass is 32.2. The molecule has 0 unspecified atom stereocenters. The monoisotopic (exact) mass is 443 g/mol. The Kier molecular flexibility index (Phi) is 7.38. The fourth-order valence-electron chi connectivity index (χ4n) is 3.86. The molecule has 1 aliphatic rings. The van der Waals surface area contributed by atoms with Crippen LogP contribution in [0.2, 0.25) is 0 Å². The van der Waals surface area contributed by atoms with E-state index in [0.29, 0.717) is 31.7 Å². The molecule has 6 nitrogen and oxygen atoms in total. The van der Waals surface area contributed by atoms with Crippen LogP contribution < -0.4 is 4.90 Å². The van der Waals surface area contributed by atoms with Crippen molar-refractivity contribution in [2.45, 2.75) is 44.6 Å². The van der Waals surface area contributed by atoms with Crippen LogP contribution >= 0.6 is 0 Å². The molecule has 0 aliphatic carbocycles. The minimum atomic E-state index is -3.58. The Labute approximate surface area is 186 Å². The van der Waals surface area contributed by atoms with Gasteiger partial charge in [-0.3, -0.25) is 4.79 Å². The molecule has 7 heteroatoms. The molecule has 0 saturated carbocycles. The Balaban J connectivity index is 1.84. The van der Waals surface area contributed by atoms with Gasteiger partial charge in [-0.2, -0.15) is 4.31 Å². The van der Waals surface area contributed by atoms with E-state index in [4.69, 9.17) is 0 Å². The van der Waals surface area contributed by atoms with Crippen molar-refractivity contribution in [2.75, 3.05) is 38.6 Å². The predicted octanol–water partition coefficient (Wildman–Crippen LogP) is 3.90. The molecule has 0 radical (unpaired) electrons. The van der Waals surface area contributed by atoms with Crippen LogP contribution in [0.3, 0.4) is 0 Å². The van der Waals surface area contributed by atoms with Crippen LogP contribution in [0.25, 0.3) is 0 Å². The highest BCUT2D eigenvalue weighted by Gasteiger charge is 2.27. The van der Waals surface area contributed by atoms with Gasteiger partial charge in [0.1, 0.15) is 0 Å². The van der Waals surface area contributed by atoms with Gasteiger partial charge >= 0.3 is 0 Å². The van der Waals surface area contributed by atoms with E-state index < -0.39 is 10.0 Å². The number of amides is 1. The van der Waals surface area contributed by atoms with Crippen molar-refractivity contribution < 1.29 is 13.2 Å². The van der Waals surface area contributed by atoms with Crippen LogP contribution in [-0.2, 0) is 16.6 Å². The largest absolute Gasteiger partial charge is 0.378 e. The zero-order chi connectivity index (χ0) is 22.6. The number of sulfonamides is 1. The first-order valence-electron chi connectivity index (χ1n) is 10.9. The molecule has 1 aliphatic heterocycles. The fraction of sp³-hybridized carbons (Fsp3) is 0.458. The van der Waals surface area contributed by atoms with Gasteiger partial charge in [-0.05, 0) is 62.1 Å². The minimum Gasteiger partial charge on any atom is -0.378 e. The molecular weight excluding hydrogens is 410 g/mol. The lowest BCUT2D eigenvalue weighted by Gasteiger charge is -2.26. The molecule has 168 valence electrons. The van der Waals surface area contributed by atoms with E-state index in [1.54, 1.807) is 27.4 Å². The van der Waals surface area contributed by atoms with E-state index in [-0.39, 0.29) is 10.8 Å². The smallest absolute Gasteiger partial charge is 0.254 e. The van der Waals surface area contributed by atoms with Crippen molar-refractivity contribution in [3.05, 3.63) is 59.2 Å². The molecule has 0 N–H and O–H groups in total. The number of benzene rings is 2. The SMILES string of the molecule is CCN(Cc1ccc(N(C)C)cc1)C(=O)c1cc(S(=O)(=O)N2CCCCC2)ccc1C. The van der Waals surface area contributed by atoms with Crippen molar-refractivity contribution in [1.82, 2.24) is 9.21 Å². The topological polar surface area (TPSA) is 60.9 Å². The van der Waals surface area contributed by atoms with Gasteiger partial charge in [0.2, 0.25) is 10.0 Å². The van der Waals surface area contributed by atoms with E-state index >= 15 is 0 Å². The summed E-state index contributed by atoms with van der Waals surface area (Å²) in [6, 6.07) is 13.0. The van der Waals surface area contributed by atoms with E-state index in [2.05, 4.69) is 0 Å². The van der Waals surface area contributed by atoms with E-state index in [1.807, 2.05) is 57.1 Å². The summed E-state index contributed by atoms with van der Waals surface area (Å²) >= 11 is 0. The van der Waals surface area contributed by atoms with E-state index in [1.165, 1.54) is 0 Å². The van der Waals surface area contributed by atoms with Crippen molar-refractivity contribution in [3.63, 3.8) is 0 Å². The van der Waals surface area contributed by atoms with Gasteiger partial charge in [-0.1, -0.05) is 24.6 Å². The highest BCUT2D eigenvalue weighted by molar-refractivity contribution is 7.89. The van der Waals surface area contributed by atoms with Crippen LogP contribution in [0.1, 0.15) is 47.7 Å². The maximum absolute atomic E-state index is 13.3. The first-order valence-corrected chi connectivity index (χ1v) is 12.3. The lowest BCUT2D eigenvalue weighted by atomic mass is 10.1. The van der Waals surface area contributed by atoms with Gasteiger partial charge in [0.25, 0.3) is 5.91 Å². The molecule has 31 heavy (non-hydrogen) atoms. The lowest BCUT2D eigenvalue weighted by Crippen LogP contribution is -2.36. The number of nitrogens with zero attached hydrogens (tertiary/aromatic N) is 3. The molecule has 0 bridgehead atoms. The van der Waals surface area contributed by atoms with Crippen molar-refractivity contribution >= 4 is 21.6 Å². The molecular formula is C24H33N3O3S. The molecule has 1 fully saturated rings. The van der Waals surface area contributed by atoms with Crippen LogP contribution in [-0.4, -0.2) is 57.3 Å². The second kappa shape index (κ2) is 9.83. The van der Waals surface area contributed by atoms with E-state index in [0.717, 1.165) is 36.1 Å². The predicted molar refractivity (Wildman–Crippen MR) is 125 cm³/mol. The summed E-state index contributed by atoms with van der Waals surface area (Å²) in [5, 5.41) is 0. The number of aryl methyl sites for hydroxylation is 1. The third kappa shape index (κ3) is 5.28. The fourth-order valence-corrected chi connectivity index (χ4v) is 5.41. The second-order valence-corrected chi connectivity index (χ2v) is 10.3. The van der Waals surface area contributed by atoms with Crippen LogP contribution in [0.4, 0.5) is 5.69 Å². The number of hydrogen-bond donors (Lipinski definition) is 0. The number of piperidine rings is 1. The van der Waals surface area contributed by atoms with Gasteiger partial charge in [0.15, 0.2) is 0 Å². The molecule has 1 amide bonds. The molecule has 2 aromatic carbocycles. The number of anilines is 1. The maximum Gasteiger partial charge on any atom is 0.254 e. The Bertz CT molecular complexity index is 1010. The highest BCUT2D eigenvalue weighted by Crippen LogP contribution is 2.24. The average molecular weight is 444 g/mol. The normalized spacial score (nSPS) is 15.0. The van der Waals surface area contributed by atoms with Gasteiger partial charge in [0.05, 0.1) is 4.90 Å². The van der Waals surface area contributed by atoms with Gasteiger partial charge in [-0.15, -0.1) is 0 Å². The minimum absolute atomic E-state index is 0.146. The molecule has 0 aromatic heterocycles. The summed E-state index contributed by atoms with van der Waals surface area (Å²) in [5.41, 5.74) is 3.37. The van der Waals surface area contributed by atoms with E-state index in [9.17, 15) is 13.2 Å². The van der Waals surface area contributed by atoms with Crippen molar-refractivity contribution in [2.24, 2.45) is 0 Å². The molecule has 2 aromatic rings. The molecule has 3 rings (SSSR count). The van der Waals surface area contributed by atoms with Gasteiger partial charge in [-0.25, -0.2) is 8.42 Å². The zero-order valence-electron chi connectivity index (χ0n) is 19.0. The Hall–Kier alpha value is -2.38. The van der Waals surface area contributed by atoms with Gasteiger partial charge in [0, 0.05) is 51.5 Å². The summed E-state index contributed by atoms with van der Waals surface area (Å²) in [6.07, 6.45) is 2.82. The maximum atomic E-state index is 13.3. The Morgan fingerprint density at radius 2 is 1.65 bits per heavy atom. The molecule has 1 saturated heterocycles. The first-order chi connectivity index (χ1) is 14.7. The number of hydrogen-bond acceptors (Lipinski definition) is 4. The molecule has 0 spiro atoms. The van der Waals surface area contributed by atoms with Crippen LogP contribution in [0, 0.1) is 6.92 Å². The summed E-state index contributed by atoms with van der Waals surface area (Å²) in [6.45, 7) is 5.90. The Morgan fingerprint density at radius 1 is 1.00 bits per heavy atom. The lowest BCUT2D eigenvalue weighted by molar-refractivity contribution is 0.0751. The van der Waals surface area contributed by atoms with Gasteiger partial charge < -0.3 is 9.80 Å². The number of carbonyl (C=O) groups is 1. The Morgan fingerprint density at radius 3 is 2.23 bits per heavy atom. The zero-order valence-corrected chi connectivity index (χ0v) is 19.8. The second-order valence-electron chi connectivity index (χ2n) is 8.32. The average Bonchev–Trinajstić information content (AvgIpc) is 2.78. The van der Waals surface area contributed by atoms with Crippen LogP contribution in [0.15, 0.2) is 47.4 Å². The summed E-state index contributed by atoms with van der Waals surface area (Å²) in [7, 11) is 0.400. The first kappa shape index (κ1) is 23.3. The summed E-state index contributed by atoms with van der Waals surface area (Å²) < 4.78 is 27.7. The molecule has 0 atom stereocenters. The summed E-state index contributed by atoms with van der Waals surface area (Å²) in [4.78, 5) is 17.3. The third-order valence-electron chi connectivity index (χ3n) is 5.89. The standard InChI is InChI=1S/C24H33N3O3S/c1-5-26(18-20-10-12-21(13-11-20)25(3)4)24(28)23-17-22(14-9-19(23)2)31(29,30)27-15-7-6-8-16-27/h9-14,17H,5-8,15-16,18H2,1-4H3. The number of rotatable bonds is 7. The third-order valence-corrected chi connectivity index (χ3v) is 7.78. The summed E-state index contributed by atoms with van der Waals surface area (Å²) in [5.74, 6) is -0.146. The number of carbonyl (C=O) groups excluding carboxylic acids is 1. The van der Waals surface area contributed by atoms with Crippen molar-refractivity contribution in [1.29, 1.82) is 0 Å². The molecule has 1 heterocycles. The van der Waals surface area contributed by atoms with Crippen LogP contribution in [0.5, 0.6) is 0 Å².